The Morgan fingerprint density at radius 2 is 1.46 bits per heavy atom. The molecule has 0 unspecified atom stereocenters. The molecule has 0 spiro atoms. The van der Waals surface area contributed by atoms with Gasteiger partial charge in [-0.3, -0.25) is 4.98 Å². The van der Waals surface area contributed by atoms with Gasteiger partial charge >= 0.3 is 145 Å². The monoisotopic (exact) mass is 1090 g/mol. The van der Waals surface area contributed by atoms with Gasteiger partial charge < -0.3 is 4.57 Å². The number of benzene rings is 6. The standard InChI is InChI=1S/C37H31N2S.C20H28GeN.Ir/c1-23(2)30-21-26(25-13-6-5-7-14-25)22-31(24(3)4)35(30)39-33-19-10-9-18-32(33)38-37(39)29-17-12-16-28-27-15-8-11-20-34(27)40-36(28)29;1-15-8-10-16(11-9-15)19-12-17(13-20(2,3)4)18(14-22-19)21(5,6)7;/h5-16,18-24H,1-4H3;8-10,12,14H,13H2,1-7H3;/q2*-1;/i;1D3,13D2;. The SMILES string of the molecule is CC(C)c1cc(-c2ccccc2)cc(C(C)C)c1-n1c(-c2[c-]ccc3c2sc2ccccc23)nc2ccccc21.[2H]C([2H])([2H])c1c[c-]c(-c2cc(C([2H])([2H])C(C)(C)C)[c]([Ge]([CH3])([CH3])[CH3])cn2)cc1.[Ir]. The van der Waals surface area contributed by atoms with E-state index in [0.717, 1.165) is 26.8 Å². The third-order valence-electron chi connectivity index (χ3n) is 11.2. The number of fused-ring (bicyclic) bond motifs is 4. The molecule has 0 aliphatic carbocycles. The van der Waals surface area contributed by atoms with Gasteiger partial charge in [-0.15, -0.1) is 18.2 Å². The number of hydrogen-bond acceptors (Lipinski definition) is 3. The second-order valence-electron chi connectivity index (χ2n) is 18.9. The van der Waals surface area contributed by atoms with Crippen molar-refractivity contribution in [3.05, 3.63) is 168 Å². The molecule has 6 aromatic carbocycles. The molecule has 1 radical (unpaired) electrons. The number of rotatable bonds is 8. The fourth-order valence-corrected chi connectivity index (χ4v) is 12.3. The molecular formula is C57H59GeIrN3S-2. The first-order chi connectivity index (χ1) is 31.6. The molecule has 9 aromatic rings. The summed E-state index contributed by atoms with van der Waals surface area (Å²) in [5.41, 5.74) is 11.3. The van der Waals surface area contributed by atoms with Crippen LogP contribution in [0.1, 0.15) is 89.4 Å². The van der Waals surface area contributed by atoms with E-state index >= 15 is 0 Å². The summed E-state index contributed by atoms with van der Waals surface area (Å²) in [5.74, 6) is 8.31. The first-order valence-electron chi connectivity index (χ1n) is 24.1. The van der Waals surface area contributed by atoms with Gasteiger partial charge in [0.05, 0.1) is 16.9 Å². The van der Waals surface area contributed by atoms with Crippen molar-refractivity contribution in [2.45, 2.75) is 90.8 Å². The van der Waals surface area contributed by atoms with Crippen LogP contribution >= 0.6 is 11.3 Å². The van der Waals surface area contributed by atoms with Crippen LogP contribution in [0.4, 0.5) is 0 Å². The predicted octanol–water partition coefficient (Wildman–Crippen LogP) is 15.8. The summed E-state index contributed by atoms with van der Waals surface area (Å²) < 4.78 is 46.0. The summed E-state index contributed by atoms with van der Waals surface area (Å²) in [6, 6.07) is 50.2. The van der Waals surface area contributed by atoms with E-state index in [4.69, 9.17) is 11.8 Å². The number of para-hydroxylation sites is 2. The number of aryl methyl sites for hydroxylation is 1. The maximum atomic E-state index is 8.80. The van der Waals surface area contributed by atoms with E-state index in [2.05, 4.69) is 170 Å². The third-order valence-corrected chi connectivity index (χ3v) is 16.6. The molecule has 0 atom stereocenters. The van der Waals surface area contributed by atoms with Crippen molar-refractivity contribution in [2.24, 2.45) is 5.41 Å². The molecule has 0 saturated carbocycles. The van der Waals surface area contributed by atoms with Gasteiger partial charge in [-0.05, 0) is 74.5 Å². The Labute approximate surface area is 402 Å². The van der Waals surface area contributed by atoms with Gasteiger partial charge in [0.15, 0.2) is 0 Å². The Kier molecular flexibility index (Phi) is 11.9. The van der Waals surface area contributed by atoms with Crippen LogP contribution in [0.15, 0.2) is 134 Å². The minimum Gasteiger partial charge on any atom is 0 e. The molecule has 6 heteroatoms. The van der Waals surface area contributed by atoms with E-state index in [1.54, 1.807) is 12.1 Å². The first-order valence-corrected chi connectivity index (χ1v) is 29.8. The number of aromatic nitrogens is 3. The van der Waals surface area contributed by atoms with E-state index in [9.17, 15) is 0 Å². The molecule has 0 aliphatic heterocycles. The van der Waals surface area contributed by atoms with Crippen molar-refractivity contribution in [3.8, 4) is 39.5 Å². The maximum absolute atomic E-state index is 8.80. The Morgan fingerprint density at radius 1 is 0.778 bits per heavy atom. The Bertz CT molecular complexity index is 3200. The van der Waals surface area contributed by atoms with Crippen LogP contribution in [0.3, 0.4) is 0 Å². The molecule has 0 saturated heterocycles. The fourth-order valence-electron chi connectivity index (χ4n) is 8.18. The van der Waals surface area contributed by atoms with Crippen LogP contribution < -0.4 is 4.40 Å². The third kappa shape index (κ3) is 9.88. The smallest absolute Gasteiger partial charge is 0 e. The van der Waals surface area contributed by atoms with E-state index in [0.29, 0.717) is 28.7 Å². The van der Waals surface area contributed by atoms with Gasteiger partial charge in [-0.1, -0.05) is 99.3 Å². The van der Waals surface area contributed by atoms with Crippen LogP contribution in [-0.2, 0) is 26.5 Å². The van der Waals surface area contributed by atoms with E-state index < -0.39 is 31.9 Å². The first kappa shape index (κ1) is 39.9. The zero-order valence-corrected chi connectivity index (χ0v) is 43.2. The van der Waals surface area contributed by atoms with Crippen molar-refractivity contribution in [1.82, 2.24) is 14.5 Å². The fraction of sp³-hybridized carbons (Fsp3) is 0.263. The quantitative estimate of drug-likeness (QED) is 0.112. The average molecular weight is 1090 g/mol. The van der Waals surface area contributed by atoms with E-state index in [1.165, 1.54) is 54.2 Å². The summed E-state index contributed by atoms with van der Waals surface area (Å²) in [4.78, 5) is 9.87. The summed E-state index contributed by atoms with van der Waals surface area (Å²) in [6.45, 7) is 12.8. The molecule has 63 heavy (non-hydrogen) atoms. The molecular weight excluding hydrogens is 1020 g/mol. The van der Waals surface area contributed by atoms with Gasteiger partial charge in [0.2, 0.25) is 0 Å². The summed E-state index contributed by atoms with van der Waals surface area (Å²) in [7, 11) is 0. The predicted molar refractivity (Wildman–Crippen MR) is 271 cm³/mol. The van der Waals surface area contributed by atoms with Gasteiger partial charge in [-0.2, -0.15) is 11.3 Å². The van der Waals surface area contributed by atoms with E-state index in [-0.39, 0.29) is 25.7 Å². The number of imidazole rings is 1. The molecule has 0 amide bonds. The van der Waals surface area contributed by atoms with Gasteiger partial charge in [-0.25, -0.2) is 0 Å². The molecule has 3 nitrogen and oxygen atoms in total. The molecule has 0 bridgehead atoms. The van der Waals surface area contributed by atoms with Gasteiger partial charge in [0.1, 0.15) is 0 Å². The minimum atomic E-state index is -2.36. The van der Waals surface area contributed by atoms with Gasteiger partial charge in [0, 0.05) is 30.5 Å². The van der Waals surface area contributed by atoms with Crippen molar-refractivity contribution in [2.75, 3.05) is 0 Å². The zero-order chi connectivity index (χ0) is 48.2. The largest absolute Gasteiger partial charge is 0 e. The van der Waals surface area contributed by atoms with Gasteiger partial charge in [0.25, 0.3) is 0 Å². The normalized spacial score (nSPS) is 13.6. The second kappa shape index (κ2) is 18.8. The van der Waals surface area contributed by atoms with Crippen LogP contribution in [-0.4, -0.2) is 27.8 Å². The van der Waals surface area contributed by atoms with Crippen LogP contribution in [0.25, 0.3) is 70.7 Å². The number of hydrogen-bond donors (Lipinski definition) is 0. The maximum Gasteiger partial charge on any atom is 0 e. The average Bonchev–Trinajstić information content (AvgIpc) is 3.87. The van der Waals surface area contributed by atoms with Crippen molar-refractivity contribution >= 4 is 60.2 Å². The minimum absolute atomic E-state index is 0. The second-order valence-corrected chi connectivity index (χ2v) is 30.5. The van der Waals surface area contributed by atoms with Crippen LogP contribution in [0.5, 0.6) is 0 Å². The van der Waals surface area contributed by atoms with Crippen LogP contribution in [0, 0.1) is 24.4 Å². The molecule has 0 N–H and O–H groups in total. The number of pyridine rings is 1. The Balaban J connectivity index is 0.000000215. The molecule has 0 aliphatic rings. The molecule has 0 fully saturated rings. The molecule has 3 heterocycles. The topological polar surface area (TPSA) is 30.7 Å². The summed E-state index contributed by atoms with van der Waals surface area (Å²) >= 11 is -0.523. The van der Waals surface area contributed by atoms with Crippen molar-refractivity contribution < 1.29 is 27.0 Å². The molecule has 323 valence electrons. The molecule has 3 aromatic heterocycles. The summed E-state index contributed by atoms with van der Waals surface area (Å²) in [5, 5.41) is 2.55. The molecule has 9 rings (SSSR count). The van der Waals surface area contributed by atoms with E-state index in [1.807, 2.05) is 44.4 Å². The van der Waals surface area contributed by atoms with Crippen molar-refractivity contribution in [3.63, 3.8) is 0 Å². The Hall–Kier alpha value is -4.65. The van der Waals surface area contributed by atoms with Crippen molar-refractivity contribution in [1.29, 1.82) is 0 Å². The number of thiophene rings is 1. The Morgan fingerprint density at radius 3 is 2.11 bits per heavy atom. The zero-order valence-electron chi connectivity index (χ0n) is 42.9. The number of nitrogens with zero attached hydrogens (tertiary/aromatic N) is 3. The summed E-state index contributed by atoms with van der Waals surface area (Å²) in [6.07, 6.45) is 0.303. The van der Waals surface area contributed by atoms with Crippen LogP contribution in [0.2, 0.25) is 17.3 Å².